The van der Waals surface area contributed by atoms with Gasteiger partial charge in [0.15, 0.2) is 0 Å². The molecule has 1 aliphatic carbocycles. The van der Waals surface area contributed by atoms with Crippen LogP contribution < -0.4 is 4.72 Å². The van der Waals surface area contributed by atoms with E-state index in [4.69, 9.17) is 9.47 Å². The molecule has 0 saturated heterocycles. The quantitative estimate of drug-likeness (QED) is 0.293. The molecule has 1 fully saturated rings. The molecule has 1 N–H and O–H groups in total. The van der Waals surface area contributed by atoms with Gasteiger partial charge >= 0.3 is 0 Å². The third-order valence-electron chi connectivity index (χ3n) is 2.24. The van der Waals surface area contributed by atoms with Crippen molar-refractivity contribution in [2.45, 2.75) is 38.3 Å². The van der Waals surface area contributed by atoms with Crippen LogP contribution in [0.25, 0.3) is 0 Å². The Morgan fingerprint density at radius 2 is 2.14 bits per heavy atom. The van der Waals surface area contributed by atoms with E-state index >= 15 is 0 Å². The Labute approximate surface area is 95.2 Å². The molecule has 84 valence electrons. The molecule has 1 rings (SSSR count). The van der Waals surface area contributed by atoms with Crippen LogP contribution in [0.4, 0.5) is 0 Å². The number of nitrogens with one attached hydrogen (secondary N) is 1. The van der Waals surface area contributed by atoms with Gasteiger partial charge in [0.1, 0.15) is 0 Å². The van der Waals surface area contributed by atoms with Crippen molar-refractivity contribution in [3.63, 3.8) is 0 Å². The fourth-order valence-corrected chi connectivity index (χ4v) is 2.18. The smallest absolute Gasteiger partial charge is 0.0704 e. The van der Waals surface area contributed by atoms with E-state index in [1.165, 1.54) is 11.0 Å². The Bertz CT molecular complexity index is 143. The normalized spacial score (nSPS) is 26.1. The average Bonchev–Trinajstić information content (AvgIpc) is 2.13. The van der Waals surface area contributed by atoms with Gasteiger partial charge in [-0.2, -0.15) is 0 Å². The van der Waals surface area contributed by atoms with Gasteiger partial charge in [-0.05, 0) is 30.2 Å². The fraction of sp³-hybridized carbons (Fsp3) is 1.00. The molecule has 0 unspecified atom stereocenters. The maximum atomic E-state index is 5.60. The standard InChI is InChI=1S/C9H19NO2S2/c1-2-3-11-4-5-12-9-6-8(7-9)10-14-13/h8-10,13H,2-7H2,1H3/t8-,9-. The molecule has 3 nitrogen and oxygen atoms in total. The third kappa shape index (κ3) is 4.89. The van der Waals surface area contributed by atoms with Crippen LogP contribution in [0.15, 0.2) is 0 Å². The van der Waals surface area contributed by atoms with Gasteiger partial charge in [-0.15, -0.1) is 0 Å². The molecule has 0 aromatic rings. The predicted molar refractivity (Wildman–Crippen MR) is 63.6 cm³/mol. The molecule has 0 atom stereocenters. The Balaban J connectivity index is 1.81. The van der Waals surface area contributed by atoms with Gasteiger partial charge in [0.2, 0.25) is 0 Å². The van der Waals surface area contributed by atoms with Crippen LogP contribution in [0.1, 0.15) is 26.2 Å². The summed E-state index contributed by atoms with van der Waals surface area (Å²) in [6, 6.07) is 0.582. The lowest BCUT2D eigenvalue weighted by Crippen LogP contribution is -2.42. The fourth-order valence-electron chi connectivity index (χ4n) is 1.39. The second-order valence-electron chi connectivity index (χ2n) is 3.48. The summed E-state index contributed by atoms with van der Waals surface area (Å²) in [4.78, 5) is 0. The van der Waals surface area contributed by atoms with E-state index in [1.807, 2.05) is 0 Å². The van der Waals surface area contributed by atoms with E-state index in [-0.39, 0.29) is 0 Å². The van der Waals surface area contributed by atoms with Crippen molar-refractivity contribution in [2.75, 3.05) is 19.8 Å². The van der Waals surface area contributed by atoms with Gasteiger partial charge in [-0.1, -0.05) is 18.6 Å². The maximum Gasteiger partial charge on any atom is 0.0704 e. The molecular weight excluding hydrogens is 218 g/mol. The summed E-state index contributed by atoms with van der Waals surface area (Å²) in [7, 11) is 1.39. The van der Waals surface area contributed by atoms with Crippen LogP contribution >= 0.6 is 22.6 Å². The molecule has 0 aliphatic heterocycles. The predicted octanol–water partition coefficient (Wildman–Crippen LogP) is 2.04. The lowest BCUT2D eigenvalue weighted by Gasteiger charge is -2.34. The lowest BCUT2D eigenvalue weighted by molar-refractivity contribution is -0.0379. The highest BCUT2D eigenvalue weighted by Crippen LogP contribution is 2.25. The molecule has 0 spiro atoms. The molecule has 0 aromatic carbocycles. The van der Waals surface area contributed by atoms with Gasteiger partial charge in [0.25, 0.3) is 0 Å². The van der Waals surface area contributed by atoms with Crippen LogP contribution in [0.5, 0.6) is 0 Å². The van der Waals surface area contributed by atoms with E-state index in [2.05, 4.69) is 23.3 Å². The minimum absolute atomic E-state index is 0.429. The number of rotatable bonds is 8. The van der Waals surface area contributed by atoms with Crippen molar-refractivity contribution < 1.29 is 9.47 Å². The highest BCUT2D eigenvalue weighted by molar-refractivity contribution is 8.67. The van der Waals surface area contributed by atoms with Gasteiger partial charge in [-0.3, -0.25) is 4.72 Å². The first-order valence-electron chi connectivity index (χ1n) is 5.12. The zero-order chi connectivity index (χ0) is 10.2. The average molecular weight is 237 g/mol. The van der Waals surface area contributed by atoms with Crippen LogP contribution in [0, 0.1) is 0 Å². The molecule has 0 heterocycles. The Morgan fingerprint density at radius 3 is 2.79 bits per heavy atom. The molecule has 0 amide bonds. The number of hydrogen-bond acceptors (Lipinski definition) is 5. The Kier molecular flexibility index (Phi) is 7.06. The van der Waals surface area contributed by atoms with E-state index in [0.717, 1.165) is 39.1 Å². The van der Waals surface area contributed by atoms with E-state index in [0.29, 0.717) is 12.1 Å². The summed E-state index contributed by atoms with van der Waals surface area (Å²) in [5, 5.41) is 0. The molecular formula is C9H19NO2S2. The van der Waals surface area contributed by atoms with Gasteiger partial charge in [-0.25, -0.2) is 0 Å². The molecule has 1 saturated carbocycles. The van der Waals surface area contributed by atoms with Crippen LogP contribution in [0.3, 0.4) is 0 Å². The third-order valence-corrected chi connectivity index (χ3v) is 3.00. The second-order valence-corrected chi connectivity index (χ2v) is 4.45. The molecule has 0 bridgehead atoms. The van der Waals surface area contributed by atoms with Gasteiger partial charge < -0.3 is 9.47 Å². The largest absolute Gasteiger partial charge is 0.379 e. The van der Waals surface area contributed by atoms with Crippen molar-refractivity contribution in [1.29, 1.82) is 0 Å². The highest BCUT2D eigenvalue weighted by atomic mass is 33.1. The van der Waals surface area contributed by atoms with Crippen molar-refractivity contribution in [2.24, 2.45) is 0 Å². The monoisotopic (exact) mass is 237 g/mol. The summed E-state index contributed by atoms with van der Waals surface area (Å²) in [5.74, 6) is 0. The summed E-state index contributed by atoms with van der Waals surface area (Å²) >= 11 is 4.03. The summed E-state index contributed by atoms with van der Waals surface area (Å²) < 4.78 is 14.1. The van der Waals surface area contributed by atoms with Crippen LogP contribution in [0.2, 0.25) is 0 Å². The summed E-state index contributed by atoms with van der Waals surface area (Å²) in [6.45, 7) is 4.40. The maximum absolute atomic E-state index is 5.60. The zero-order valence-corrected chi connectivity index (χ0v) is 10.3. The molecule has 1 aliphatic rings. The molecule has 0 radical (unpaired) electrons. The van der Waals surface area contributed by atoms with E-state index in [9.17, 15) is 0 Å². The number of thiol groups is 1. The number of hydrogen-bond donors (Lipinski definition) is 2. The zero-order valence-electron chi connectivity index (χ0n) is 8.57. The van der Waals surface area contributed by atoms with E-state index < -0.39 is 0 Å². The van der Waals surface area contributed by atoms with Crippen LogP contribution in [-0.2, 0) is 9.47 Å². The second kappa shape index (κ2) is 7.82. The first-order chi connectivity index (χ1) is 6.86. The lowest BCUT2D eigenvalue weighted by atomic mass is 9.90. The summed E-state index contributed by atoms with van der Waals surface area (Å²) in [5.41, 5.74) is 0. The minimum Gasteiger partial charge on any atom is -0.379 e. The highest BCUT2D eigenvalue weighted by Gasteiger charge is 2.29. The Hall–Kier alpha value is 0.580. The van der Waals surface area contributed by atoms with Crippen molar-refractivity contribution in [1.82, 2.24) is 4.72 Å². The SMILES string of the molecule is CCCOCCO[C@H]1C[C@H](NSS)C1. The molecule has 0 aromatic heterocycles. The first-order valence-corrected chi connectivity index (χ1v) is 6.99. The van der Waals surface area contributed by atoms with Crippen molar-refractivity contribution in [3.05, 3.63) is 0 Å². The van der Waals surface area contributed by atoms with Gasteiger partial charge in [0.05, 0.1) is 19.3 Å². The molecule has 14 heavy (non-hydrogen) atoms. The minimum atomic E-state index is 0.429. The Morgan fingerprint density at radius 1 is 1.36 bits per heavy atom. The first kappa shape index (κ1) is 12.6. The van der Waals surface area contributed by atoms with Crippen LogP contribution in [-0.4, -0.2) is 32.0 Å². The van der Waals surface area contributed by atoms with Gasteiger partial charge in [0, 0.05) is 12.6 Å². The summed E-state index contributed by atoms with van der Waals surface area (Å²) in [6.07, 6.45) is 3.70. The topological polar surface area (TPSA) is 30.5 Å². The molecule has 5 heteroatoms. The van der Waals surface area contributed by atoms with Crippen molar-refractivity contribution in [3.8, 4) is 0 Å². The van der Waals surface area contributed by atoms with Crippen molar-refractivity contribution >= 4 is 22.6 Å². The van der Waals surface area contributed by atoms with E-state index in [1.54, 1.807) is 0 Å². The number of ether oxygens (including phenoxy) is 2.